The van der Waals surface area contributed by atoms with Crippen LogP contribution in [0.1, 0.15) is 11.5 Å². The van der Waals surface area contributed by atoms with Crippen LogP contribution in [0.3, 0.4) is 0 Å². The van der Waals surface area contributed by atoms with Gasteiger partial charge in [0.1, 0.15) is 23.2 Å². The van der Waals surface area contributed by atoms with E-state index in [2.05, 4.69) is 0 Å². The van der Waals surface area contributed by atoms with Crippen LogP contribution in [0.4, 0.5) is 4.39 Å². The molecule has 1 rings (SSSR count). The Morgan fingerprint density at radius 1 is 1.41 bits per heavy atom. The van der Waals surface area contributed by atoms with Gasteiger partial charge in [-0.15, -0.1) is 0 Å². The number of aliphatic carboxylic acids is 1. The average molecular weight is 243 g/mol. The minimum absolute atomic E-state index is 0.111. The smallest absolute Gasteiger partial charge is 0.312 e. The van der Waals surface area contributed by atoms with Gasteiger partial charge in [0.2, 0.25) is 0 Å². The summed E-state index contributed by atoms with van der Waals surface area (Å²) in [7, 11) is 2.65. The van der Waals surface area contributed by atoms with Gasteiger partial charge >= 0.3 is 5.97 Å². The summed E-state index contributed by atoms with van der Waals surface area (Å²) in [6.07, 6.45) is 0. The van der Waals surface area contributed by atoms with Crippen molar-refractivity contribution < 1.29 is 23.8 Å². The van der Waals surface area contributed by atoms with Crippen LogP contribution in [0.25, 0.3) is 0 Å². The number of rotatable bonds is 5. The highest BCUT2D eigenvalue weighted by Gasteiger charge is 2.26. The molecule has 0 aliphatic rings. The van der Waals surface area contributed by atoms with Crippen molar-refractivity contribution in [2.24, 2.45) is 5.73 Å². The van der Waals surface area contributed by atoms with Crippen LogP contribution in [-0.2, 0) is 4.79 Å². The third kappa shape index (κ3) is 2.65. The van der Waals surface area contributed by atoms with E-state index in [9.17, 15) is 9.18 Å². The predicted molar refractivity (Wildman–Crippen MR) is 58.9 cm³/mol. The SMILES string of the molecule is COc1cc(F)cc(OC)c1C(CN)C(=O)O. The van der Waals surface area contributed by atoms with Crippen molar-refractivity contribution in [2.75, 3.05) is 20.8 Å². The number of nitrogens with two attached hydrogens (primary N) is 1. The van der Waals surface area contributed by atoms with Gasteiger partial charge in [-0.25, -0.2) is 4.39 Å². The van der Waals surface area contributed by atoms with Crippen LogP contribution in [0.2, 0.25) is 0 Å². The summed E-state index contributed by atoms with van der Waals surface area (Å²) < 4.78 is 23.1. The monoisotopic (exact) mass is 243 g/mol. The summed E-state index contributed by atoms with van der Waals surface area (Å²) in [5.74, 6) is -2.46. The second-order valence-electron chi connectivity index (χ2n) is 3.35. The van der Waals surface area contributed by atoms with Crippen LogP contribution in [0.15, 0.2) is 12.1 Å². The fourth-order valence-corrected chi connectivity index (χ4v) is 1.59. The molecule has 1 aromatic rings. The number of hydrogen-bond acceptors (Lipinski definition) is 4. The van der Waals surface area contributed by atoms with E-state index in [0.717, 1.165) is 12.1 Å². The van der Waals surface area contributed by atoms with Crippen molar-refractivity contribution in [2.45, 2.75) is 5.92 Å². The molecule has 0 fully saturated rings. The highest BCUT2D eigenvalue weighted by atomic mass is 19.1. The predicted octanol–water partition coefficient (Wildman–Crippen LogP) is 0.970. The number of hydrogen-bond donors (Lipinski definition) is 2. The maximum atomic E-state index is 13.2. The molecule has 0 aromatic heterocycles. The second kappa shape index (κ2) is 5.49. The minimum Gasteiger partial charge on any atom is -0.496 e. The molecule has 0 bridgehead atoms. The molecule has 0 saturated heterocycles. The van der Waals surface area contributed by atoms with Crippen LogP contribution >= 0.6 is 0 Å². The topological polar surface area (TPSA) is 81.8 Å². The fourth-order valence-electron chi connectivity index (χ4n) is 1.59. The Balaban J connectivity index is 3.41. The third-order valence-corrected chi connectivity index (χ3v) is 2.39. The van der Waals surface area contributed by atoms with E-state index in [1.54, 1.807) is 0 Å². The van der Waals surface area contributed by atoms with Gasteiger partial charge in [0.05, 0.1) is 19.8 Å². The van der Waals surface area contributed by atoms with E-state index in [1.807, 2.05) is 0 Å². The number of carbonyl (C=O) groups is 1. The first-order valence-electron chi connectivity index (χ1n) is 4.89. The van der Waals surface area contributed by atoms with E-state index < -0.39 is 17.7 Å². The normalized spacial score (nSPS) is 12.0. The first kappa shape index (κ1) is 13.2. The van der Waals surface area contributed by atoms with Crippen molar-refractivity contribution in [3.05, 3.63) is 23.5 Å². The molecule has 1 unspecified atom stereocenters. The molecule has 1 atom stereocenters. The molecule has 0 saturated carbocycles. The lowest BCUT2D eigenvalue weighted by Crippen LogP contribution is -2.22. The van der Waals surface area contributed by atoms with Crippen LogP contribution in [0.5, 0.6) is 11.5 Å². The van der Waals surface area contributed by atoms with Gasteiger partial charge in [0, 0.05) is 18.7 Å². The summed E-state index contributed by atoms with van der Waals surface area (Å²) in [5, 5.41) is 9.05. The van der Waals surface area contributed by atoms with Gasteiger partial charge in [-0.3, -0.25) is 4.79 Å². The standard InChI is InChI=1S/C11H14FNO4/c1-16-8-3-6(12)4-9(17-2)10(8)7(5-13)11(14)15/h3-4,7H,5,13H2,1-2H3,(H,14,15). The summed E-state index contributed by atoms with van der Waals surface area (Å²) in [5.41, 5.74) is 5.65. The Bertz CT molecular complexity index is 397. The lowest BCUT2D eigenvalue weighted by Gasteiger charge is -2.18. The number of benzene rings is 1. The zero-order valence-electron chi connectivity index (χ0n) is 9.57. The third-order valence-electron chi connectivity index (χ3n) is 2.39. The largest absolute Gasteiger partial charge is 0.496 e. The maximum absolute atomic E-state index is 13.2. The van der Waals surface area contributed by atoms with E-state index in [0.29, 0.717) is 0 Å². The first-order chi connectivity index (χ1) is 8.04. The Labute approximate surface area is 97.9 Å². The van der Waals surface area contributed by atoms with E-state index in [4.69, 9.17) is 20.3 Å². The molecule has 0 radical (unpaired) electrons. The molecular weight excluding hydrogens is 229 g/mol. The van der Waals surface area contributed by atoms with E-state index in [-0.39, 0.29) is 23.6 Å². The Hall–Kier alpha value is -1.82. The molecule has 1 aromatic carbocycles. The summed E-state index contributed by atoms with van der Waals surface area (Å²) in [6, 6.07) is 2.20. The van der Waals surface area contributed by atoms with Crippen molar-refractivity contribution in [3.8, 4) is 11.5 Å². The molecule has 0 amide bonds. The number of methoxy groups -OCH3 is 2. The molecule has 0 aliphatic heterocycles. The highest BCUT2D eigenvalue weighted by Crippen LogP contribution is 2.36. The molecular formula is C11H14FNO4. The van der Waals surface area contributed by atoms with Crippen molar-refractivity contribution >= 4 is 5.97 Å². The van der Waals surface area contributed by atoms with Crippen molar-refractivity contribution in [3.63, 3.8) is 0 Å². The van der Waals surface area contributed by atoms with Crippen molar-refractivity contribution in [1.29, 1.82) is 0 Å². The molecule has 6 heteroatoms. The average Bonchev–Trinajstić information content (AvgIpc) is 2.30. The molecule has 94 valence electrons. The van der Waals surface area contributed by atoms with Gasteiger partial charge in [-0.05, 0) is 0 Å². The number of halogens is 1. The van der Waals surface area contributed by atoms with Crippen LogP contribution in [-0.4, -0.2) is 31.8 Å². The molecule has 0 heterocycles. The maximum Gasteiger partial charge on any atom is 0.312 e. The molecule has 0 aliphatic carbocycles. The highest BCUT2D eigenvalue weighted by molar-refractivity contribution is 5.79. The zero-order valence-corrected chi connectivity index (χ0v) is 9.57. The second-order valence-corrected chi connectivity index (χ2v) is 3.35. The van der Waals surface area contributed by atoms with E-state index in [1.165, 1.54) is 14.2 Å². The summed E-state index contributed by atoms with van der Waals surface area (Å²) in [6.45, 7) is -0.131. The number of carboxylic acid groups (broad SMARTS) is 1. The Kier molecular flexibility index (Phi) is 4.28. The summed E-state index contributed by atoms with van der Waals surface area (Å²) in [4.78, 5) is 11.1. The zero-order chi connectivity index (χ0) is 13.0. The van der Waals surface area contributed by atoms with Gasteiger partial charge in [0.25, 0.3) is 0 Å². The number of carboxylic acids is 1. The first-order valence-corrected chi connectivity index (χ1v) is 4.89. The lowest BCUT2D eigenvalue weighted by atomic mass is 9.97. The van der Waals surface area contributed by atoms with Gasteiger partial charge < -0.3 is 20.3 Å². The van der Waals surface area contributed by atoms with Gasteiger partial charge in [0.15, 0.2) is 0 Å². The quantitative estimate of drug-likeness (QED) is 0.805. The minimum atomic E-state index is -1.12. The molecule has 3 N–H and O–H groups in total. The Morgan fingerprint density at radius 3 is 2.18 bits per heavy atom. The van der Waals surface area contributed by atoms with E-state index >= 15 is 0 Å². The van der Waals surface area contributed by atoms with Crippen molar-refractivity contribution in [1.82, 2.24) is 0 Å². The fraction of sp³-hybridized carbons (Fsp3) is 0.364. The number of ether oxygens (including phenoxy) is 2. The molecule has 17 heavy (non-hydrogen) atoms. The van der Waals surface area contributed by atoms with Crippen LogP contribution < -0.4 is 15.2 Å². The van der Waals surface area contributed by atoms with Gasteiger partial charge in [-0.2, -0.15) is 0 Å². The molecule has 5 nitrogen and oxygen atoms in total. The molecule has 0 spiro atoms. The van der Waals surface area contributed by atoms with Crippen LogP contribution in [0, 0.1) is 5.82 Å². The lowest BCUT2D eigenvalue weighted by molar-refractivity contribution is -0.138. The Morgan fingerprint density at radius 2 is 1.88 bits per heavy atom. The summed E-state index contributed by atoms with van der Waals surface area (Å²) >= 11 is 0. The van der Waals surface area contributed by atoms with Gasteiger partial charge in [-0.1, -0.05) is 0 Å².